The SMILES string of the molecule is CC(C)(C)[C@H]1COc2ccccc2C1. The lowest BCUT2D eigenvalue weighted by atomic mass is 9.77. The van der Waals surface area contributed by atoms with E-state index in [1.807, 2.05) is 6.07 Å². The third-order valence-corrected chi connectivity index (χ3v) is 3.10. The molecule has 0 unspecified atom stereocenters. The molecule has 1 heterocycles. The molecule has 1 nitrogen and oxygen atoms in total. The summed E-state index contributed by atoms with van der Waals surface area (Å²) in [7, 11) is 0. The highest BCUT2D eigenvalue weighted by molar-refractivity contribution is 5.35. The second-order valence-corrected chi connectivity index (χ2v) is 5.19. The zero-order valence-electron chi connectivity index (χ0n) is 9.21. The summed E-state index contributed by atoms with van der Waals surface area (Å²) in [6, 6.07) is 8.37. The van der Waals surface area contributed by atoms with Gasteiger partial charge in [0.1, 0.15) is 5.75 Å². The maximum atomic E-state index is 5.76. The minimum atomic E-state index is 0.341. The van der Waals surface area contributed by atoms with E-state index in [1.54, 1.807) is 0 Å². The van der Waals surface area contributed by atoms with Gasteiger partial charge in [-0.15, -0.1) is 0 Å². The van der Waals surface area contributed by atoms with Crippen LogP contribution in [0.1, 0.15) is 26.3 Å². The van der Waals surface area contributed by atoms with Crippen LogP contribution >= 0.6 is 0 Å². The first-order chi connectivity index (χ1) is 6.57. The van der Waals surface area contributed by atoms with Gasteiger partial charge in [0.15, 0.2) is 0 Å². The summed E-state index contributed by atoms with van der Waals surface area (Å²) >= 11 is 0. The van der Waals surface area contributed by atoms with Gasteiger partial charge >= 0.3 is 0 Å². The summed E-state index contributed by atoms with van der Waals surface area (Å²) in [4.78, 5) is 0. The van der Waals surface area contributed by atoms with E-state index in [0.717, 1.165) is 18.8 Å². The van der Waals surface area contributed by atoms with Crippen molar-refractivity contribution in [1.29, 1.82) is 0 Å². The number of para-hydroxylation sites is 1. The third kappa shape index (κ3) is 1.77. The Bertz CT molecular complexity index is 322. The summed E-state index contributed by atoms with van der Waals surface area (Å²) in [5.41, 5.74) is 1.70. The van der Waals surface area contributed by atoms with Crippen molar-refractivity contribution >= 4 is 0 Å². The van der Waals surface area contributed by atoms with Crippen molar-refractivity contribution in [2.24, 2.45) is 11.3 Å². The van der Waals surface area contributed by atoms with Gasteiger partial charge in [0.05, 0.1) is 6.61 Å². The van der Waals surface area contributed by atoms with Gasteiger partial charge in [0.2, 0.25) is 0 Å². The molecule has 0 saturated heterocycles. The van der Waals surface area contributed by atoms with Crippen LogP contribution in [-0.4, -0.2) is 6.61 Å². The molecule has 1 aromatic rings. The van der Waals surface area contributed by atoms with Crippen LogP contribution in [-0.2, 0) is 6.42 Å². The van der Waals surface area contributed by atoms with Crippen LogP contribution in [0.15, 0.2) is 24.3 Å². The molecule has 1 aliphatic rings. The molecule has 0 radical (unpaired) electrons. The Labute approximate surface area is 86.1 Å². The van der Waals surface area contributed by atoms with E-state index < -0.39 is 0 Å². The lowest BCUT2D eigenvalue weighted by Gasteiger charge is -2.34. The summed E-state index contributed by atoms with van der Waals surface area (Å²) in [5, 5.41) is 0. The zero-order chi connectivity index (χ0) is 10.2. The van der Waals surface area contributed by atoms with Gasteiger partial charge in [-0.1, -0.05) is 39.0 Å². The molecule has 14 heavy (non-hydrogen) atoms. The highest BCUT2D eigenvalue weighted by atomic mass is 16.5. The highest BCUT2D eigenvalue weighted by Gasteiger charge is 2.29. The average Bonchev–Trinajstić information content (AvgIpc) is 2.16. The van der Waals surface area contributed by atoms with E-state index in [4.69, 9.17) is 4.74 Å². The summed E-state index contributed by atoms with van der Waals surface area (Å²) in [6.45, 7) is 7.72. The lowest BCUT2D eigenvalue weighted by Crippen LogP contribution is -2.31. The van der Waals surface area contributed by atoms with Gasteiger partial charge < -0.3 is 4.74 Å². The molecule has 1 aromatic carbocycles. The van der Waals surface area contributed by atoms with E-state index >= 15 is 0 Å². The van der Waals surface area contributed by atoms with E-state index in [9.17, 15) is 0 Å². The van der Waals surface area contributed by atoms with Gasteiger partial charge in [0.25, 0.3) is 0 Å². The Hall–Kier alpha value is -0.980. The van der Waals surface area contributed by atoms with Crippen LogP contribution in [0.3, 0.4) is 0 Å². The van der Waals surface area contributed by atoms with Crippen LogP contribution in [0.5, 0.6) is 5.75 Å². The zero-order valence-corrected chi connectivity index (χ0v) is 9.21. The Morgan fingerprint density at radius 2 is 1.93 bits per heavy atom. The third-order valence-electron chi connectivity index (χ3n) is 3.10. The topological polar surface area (TPSA) is 9.23 Å². The number of hydrogen-bond acceptors (Lipinski definition) is 1. The molecule has 1 atom stereocenters. The highest BCUT2D eigenvalue weighted by Crippen LogP contribution is 2.35. The van der Waals surface area contributed by atoms with E-state index in [2.05, 4.69) is 39.0 Å². The predicted octanol–water partition coefficient (Wildman–Crippen LogP) is 3.28. The smallest absolute Gasteiger partial charge is 0.122 e. The Morgan fingerprint density at radius 1 is 1.21 bits per heavy atom. The van der Waals surface area contributed by atoms with Crippen LogP contribution in [0.25, 0.3) is 0 Å². The Kier molecular flexibility index (Phi) is 2.26. The number of fused-ring (bicyclic) bond motifs is 1. The molecule has 0 saturated carbocycles. The lowest BCUT2D eigenvalue weighted by molar-refractivity contribution is 0.127. The van der Waals surface area contributed by atoms with Crippen molar-refractivity contribution in [1.82, 2.24) is 0 Å². The number of rotatable bonds is 0. The van der Waals surface area contributed by atoms with Crippen LogP contribution in [0.4, 0.5) is 0 Å². The molecule has 1 aliphatic heterocycles. The Morgan fingerprint density at radius 3 is 2.64 bits per heavy atom. The minimum absolute atomic E-state index is 0.341. The van der Waals surface area contributed by atoms with E-state index in [1.165, 1.54) is 5.56 Å². The molecule has 0 fully saturated rings. The first-order valence-electron chi connectivity index (χ1n) is 5.28. The fourth-order valence-electron chi connectivity index (χ4n) is 1.88. The van der Waals surface area contributed by atoms with Crippen molar-refractivity contribution in [3.8, 4) is 5.75 Å². The fourth-order valence-corrected chi connectivity index (χ4v) is 1.88. The first kappa shape index (κ1) is 9.57. The minimum Gasteiger partial charge on any atom is -0.493 e. The molecular weight excluding hydrogens is 172 g/mol. The van der Waals surface area contributed by atoms with Crippen LogP contribution in [0, 0.1) is 11.3 Å². The molecule has 0 aliphatic carbocycles. The second kappa shape index (κ2) is 3.30. The van der Waals surface area contributed by atoms with Gasteiger partial charge in [-0.25, -0.2) is 0 Å². The van der Waals surface area contributed by atoms with Crippen molar-refractivity contribution in [3.05, 3.63) is 29.8 Å². The molecule has 1 heteroatoms. The summed E-state index contributed by atoms with van der Waals surface area (Å²) < 4.78 is 5.76. The van der Waals surface area contributed by atoms with Crippen molar-refractivity contribution in [3.63, 3.8) is 0 Å². The maximum absolute atomic E-state index is 5.76. The first-order valence-corrected chi connectivity index (χ1v) is 5.28. The van der Waals surface area contributed by atoms with Crippen molar-refractivity contribution in [2.75, 3.05) is 6.61 Å². The Balaban J connectivity index is 2.22. The molecule has 0 amide bonds. The summed E-state index contributed by atoms with van der Waals surface area (Å²) in [6.07, 6.45) is 1.15. The van der Waals surface area contributed by atoms with E-state index in [-0.39, 0.29) is 0 Å². The van der Waals surface area contributed by atoms with Gasteiger partial charge in [-0.2, -0.15) is 0 Å². The largest absolute Gasteiger partial charge is 0.493 e. The second-order valence-electron chi connectivity index (χ2n) is 5.19. The van der Waals surface area contributed by atoms with E-state index in [0.29, 0.717) is 11.3 Å². The fraction of sp³-hybridized carbons (Fsp3) is 0.538. The number of benzene rings is 1. The van der Waals surface area contributed by atoms with Crippen LogP contribution < -0.4 is 4.74 Å². The summed E-state index contributed by atoms with van der Waals surface area (Å²) in [5.74, 6) is 1.71. The molecule has 0 bridgehead atoms. The quantitative estimate of drug-likeness (QED) is 0.610. The van der Waals surface area contributed by atoms with Crippen molar-refractivity contribution < 1.29 is 4.74 Å². The monoisotopic (exact) mass is 190 g/mol. The normalized spacial score (nSPS) is 21.2. The predicted molar refractivity (Wildman–Crippen MR) is 58.6 cm³/mol. The van der Waals surface area contributed by atoms with Gasteiger partial charge in [-0.05, 0) is 23.5 Å². The standard InChI is InChI=1S/C13H18O/c1-13(2,3)11-8-10-6-4-5-7-12(10)14-9-11/h4-7,11H,8-9H2,1-3H3/t11-/m1/s1. The molecular formula is C13H18O. The van der Waals surface area contributed by atoms with Gasteiger partial charge in [-0.3, -0.25) is 0 Å². The molecule has 0 aromatic heterocycles. The number of ether oxygens (including phenoxy) is 1. The average molecular weight is 190 g/mol. The number of hydrogen-bond donors (Lipinski definition) is 0. The molecule has 0 spiro atoms. The molecule has 0 N–H and O–H groups in total. The molecule has 2 rings (SSSR count). The molecule has 76 valence electrons. The maximum Gasteiger partial charge on any atom is 0.122 e. The van der Waals surface area contributed by atoms with Crippen LogP contribution in [0.2, 0.25) is 0 Å². The van der Waals surface area contributed by atoms with Gasteiger partial charge in [0, 0.05) is 5.92 Å². The van der Waals surface area contributed by atoms with Crippen molar-refractivity contribution in [2.45, 2.75) is 27.2 Å².